The zero-order valence-electron chi connectivity index (χ0n) is 16.5. The number of rotatable bonds is 5. The van der Waals surface area contributed by atoms with Crippen molar-refractivity contribution in [2.75, 3.05) is 32.9 Å². The molecule has 0 spiro atoms. The zero-order chi connectivity index (χ0) is 20.8. The van der Waals surface area contributed by atoms with Gasteiger partial charge in [0.05, 0.1) is 11.7 Å². The number of nitrogens with two attached hydrogens (primary N) is 1. The number of aliphatic hydroxyl groups is 1. The highest BCUT2D eigenvalue weighted by molar-refractivity contribution is 5.94. The first-order valence-corrected chi connectivity index (χ1v) is 9.30. The first kappa shape index (κ1) is 20.3. The van der Waals surface area contributed by atoms with E-state index in [0.29, 0.717) is 23.5 Å². The van der Waals surface area contributed by atoms with Gasteiger partial charge in [0.25, 0.3) is 5.91 Å². The number of nitrogens with zero attached hydrogens (tertiary/aromatic N) is 2. The summed E-state index contributed by atoms with van der Waals surface area (Å²) < 4.78 is 0. The molecule has 6 heteroatoms. The number of amides is 1. The fourth-order valence-electron chi connectivity index (χ4n) is 2.95. The molecule has 1 amide bonds. The standard InChI is InChI=1S/C23H24N4O2/c1-27(2)15-19(28)14-26-23(29)17-10-7-16(8-11-17)9-12-21-20-6-4-3-5-18(20)13-25-22(21)24/h3-8,10-11,13,19,28H,14-15H2,1-2H3,(H2,24,25)(H,26,29). The quantitative estimate of drug-likeness (QED) is 0.581. The Morgan fingerprint density at radius 2 is 1.90 bits per heavy atom. The molecule has 0 fully saturated rings. The van der Waals surface area contributed by atoms with Crippen molar-refractivity contribution in [1.82, 2.24) is 15.2 Å². The third-order valence-corrected chi connectivity index (χ3v) is 4.38. The fraction of sp³-hybridized carbons (Fsp3) is 0.217. The third kappa shape index (κ3) is 5.32. The van der Waals surface area contributed by atoms with Gasteiger partial charge in [-0.3, -0.25) is 4.79 Å². The van der Waals surface area contributed by atoms with Crippen LogP contribution >= 0.6 is 0 Å². The highest BCUT2D eigenvalue weighted by Gasteiger charge is 2.10. The van der Waals surface area contributed by atoms with Gasteiger partial charge in [0, 0.05) is 41.2 Å². The second kappa shape index (κ2) is 9.20. The first-order valence-electron chi connectivity index (χ1n) is 9.30. The van der Waals surface area contributed by atoms with E-state index in [4.69, 9.17) is 5.73 Å². The van der Waals surface area contributed by atoms with Crippen LogP contribution in [0.5, 0.6) is 0 Å². The molecule has 0 saturated heterocycles. The summed E-state index contributed by atoms with van der Waals surface area (Å²) in [7, 11) is 3.74. The van der Waals surface area contributed by atoms with Gasteiger partial charge >= 0.3 is 0 Å². The normalized spacial score (nSPS) is 11.7. The molecule has 1 unspecified atom stereocenters. The van der Waals surface area contributed by atoms with Gasteiger partial charge in [-0.15, -0.1) is 0 Å². The van der Waals surface area contributed by atoms with E-state index in [1.165, 1.54) is 0 Å². The summed E-state index contributed by atoms with van der Waals surface area (Å²) in [6.45, 7) is 0.687. The second-order valence-electron chi connectivity index (χ2n) is 7.06. The topological polar surface area (TPSA) is 91.5 Å². The van der Waals surface area contributed by atoms with Crippen LogP contribution in [0.15, 0.2) is 54.7 Å². The van der Waals surface area contributed by atoms with E-state index in [-0.39, 0.29) is 12.5 Å². The van der Waals surface area contributed by atoms with Gasteiger partial charge in [0.1, 0.15) is 5.82 Å². The van der Waals surface area contributed by atoms with E-state index in [1.54, 1.807) is 30.5 Å². The largest absolute Gasteiger partial charge is 0.390 e. The molecular formula is C23H24N4O2. The third-order valence-electron chi connectivity index (χ3n) is 4.38. The molecule has 148 valence electrons. The van der Waals surface area contributed by atoms with Crippen molar-refractivity contribution >= 4 is 22.5 Å². The SMILES string of the molecule is CN(C)CC(O)CNC(=O)c1ccc(C#Cc2c(N)ncc3ccccc23)cc1. The number of nitrogens with one attached hydrogen (secondary N) is 1. The Labute approximate surface area is 170 Å². The molecule has 0 radical (unpaired) electrons. The molecule has 0 aliphatic carbocycles. The Morgan fingerprint density at radius 3 is 2.62 bits per heavy atom. The van der Waals surface area contributed by atoms with E-state index < -0.39 is 6.10 Å². The monoisotopic (exact) mass is 388 g/mol. The first-order chi connectivity index (χ1) is 13.9. The van der Waals surface area contributed by atoms with Crippen molar-refractivity contribution in [2.45, 2.75) is 6.10 Å². The minimum atomic E-state index is -0.612. The van der Waals surface area contributed by atoms with Crippen LogP contribution in [0.4, 0.5) is 5.82 Å². The number of aliphatic hydroxyl groups excluding tert-OH is 1. The molecule has 0 aliphatic rings. The number of likely N-dealkylation sites (N-methyl/N-ethyl adjacent to an activating group) is 1. The number of aromatic nitrogens is 1. The summed E-state index contributed by atoms with van der Waals surface area (Å²) >= 11 is 0. The minimum absolute atomic E-state index is 0.200. The molecule has 0 aliphatic heterocycles. The molecule has 29 heavy (non-hydrogen) atoms. The van der Waals surface area contributed by atoms with Crippen LogP contribution in [0, 0.1) is 11.8 Å². The summed E-state index contributed by atoms with van der Waals surface area (Å²) in [6, 6.07) is 14.8. The molecule has 3 rings (SSSR count). The van der Waals surface area contributed by atoms with Crippen LogP contribution in [0.2, 0.25) is 0 Å². The van der Waals surface area contributed by atoms with E-state index in [0.717, 1.165) is 16.3 Å². The lowest BCUT2D eigenvalue weighted by Crippen LogP contribution is -2.37. The van der Waals surface area contributed by atoms with Crippen LogP contribution in [0.3, 0.4) is 0 Å². The van der Waals surface area contributed by atoms with Gasteiger partial charge in [0.15, 0.2) is 0 Å². The lowest BCUT2D eigenvalue weighted by molar-refractivity contribution is 0.0892. The lowest BCUT2D eigenvalue weighted by atomic mass is 10.1. The van der Waals surface area contributed by atoms with Crippen molar-refractivity contribution in [1.29, 1.82) is 0 Å². The molecule has 1 heterocycles. The molecule has 3 aromatic rings. The van der Waals surface area contributed by atoms with Crippen LogP contribution < -0.4 is 11.1 Å². The van der Waals surface area contributed by atoms with Gasteiger partial charge < -0.3 is 21.1 Å². The Bertz CT molecular complexity index is 1070. The number of benzene rings is 2. The molecule has 6 nitrogen and oxygen atoms in total. The maximum absolute atomic E-state index is 12.2. The Morgan fingerprint density at radius 1 is 1.17 bits per heavy atom. The van der Waals surface area contributed by atoms with Crippen LogP contribution in [-0.4, -0.2) is 54.2 Å². The molecule has 0 saturated carbocycles. The summed E-state index contributed by atoms with van der Waals surface area (Å²) in [5.74, 6) is 6.35. The van der Waals surface area contributed by atoms with Crippen molar-refractivity contribution in [3.63, 3.8) is 0 Å². The van der Waals surface area contributed by atoms with Crippen molar-refractivity contribution in [3.05, 3.63) is 71.4 Å². The highest BCUT2D eigenvalue weighted by atomic mass is 16.3. The Balaban J connectivity index is 1.71. The fourth-order valence-corrected chi connectivity index (χ4v) is 2.95. The average Bonchev–Trinajstić information content (AvgIpc) is 2.71. The van der Waals surface area contributed by atoms with Crippen molar-refractivity contribution in [2.24, 2.45) is 0 Å². The van der Waals surface area contributed by atoms with Gasteiger partial charge in [-0.25, -0.2) is 4.98 Å². The number of hydrogen-bond donors (Lipinski definition) is 3. The number of fused-ring (bicyclic) bond motifs is 1. The number of anilines is 1. The summed E-state index contributed by atoms with van der Waals surface area (Å²) in [4.78, 5) is 18.3. The van der Waals surface area contributed by atoms with Crippen LogP contribution in [-0.2, 0) is 0 Å². The lowest BCUT2D eigenvalue weighted by Gasteiger charge is -2.16. The van der Waals surface area contributed by atoms with Gasteiger partial charge in [0.2, 0.25) is 0 Å². The van der Waals surface area contributed by atoms with E-state index in [9.17, 15) is 9.90 Å². The van der Waals surface area contributed by atoms with Crippen LogP contribution in [0.25, 0.3) is 10.8 Å². The van der Waals surface area contributed by atoms with Gasteiger partial charge in [-0.2, -0.15) is 0 Å². The molecular weight excluding hydrogens is 364 g/mol. The summed E-state index contributed by atoms with van der Waals surface area (Å²) in [6.07, 6.45) is 1.12. The zero-order valence-corrected chi connectivity index (χ0v) is 16.5. The Kier molecular flexibility index (Phi) is 6.45. The van der Waals surface area contributed by atoms with Crippen molar-refractivity contribution < 1.29 is 9.90 Å². The highest BCUT2D eigenvalue weighted by Crippen LogP contribution is 2.21. The summed E-state index contributed by atoms with van der Waals surface area (Å²) in [5.41, 5.74) is 7.98. The number of nitrogen functional groups attached to an aromatic ring is 1. The predicted molar refractivity (Wildman–Crippen MR) is 115 cm³/mol. The van der Waals surface area contributed by atoms with E-state index in [1.807, 2.05) is 43.3 Å². The second-order valence-corrected chi connectivity index (χ2v) is 7.06. The molecule has 0 bridgehead atoms. The van der Waals surface area contributed by atoms with Gasteiger partial charge in [-0.05, 0) is 38.4 Å². The Hall–Kier alpha value is -3.40. The van der Waals surface area contributed by atoms with Crippen LogP contribution in [0.1, 0.15) is 21.5 Å². The smallest absolute Gasteiger partial charge is 0.251 e. The summed E-state index contributed by atoms with van der Waals surface area (Å²) in [5, 5.41) is 14.5. The van der Waals surface area contributed by atoms with Gasteiger partial charge in [-0.1, -0.05) is 36.1 Å². The number of carbonyl (C=O) groups excluding carboxylic acids is 1. The molecule has 1 aromatic heterocycles. The molecule has 4 N–H and O–H groups in total. The number of hydrogen-bond acceptors (Lipinski definition) is 5. The average molecular weight is 388 g/mol. The number of pyridine rings is 1. The molecule has 1 atom stereocenters. The van der Waals surface area contributed by atoms with Crippen molar-refractivity contribution in [3.8, 4) is 11.8 Å². The maximum Gasteiger partial charge on any atom is 0.251 e. The molecule has 2 aromatic carbocycles. The number of carbonyl (C=O) groups is 1. The van der Waals surface area contributed by atoms with E-state index >= 15 is 0 Å². The minimum Gasteiger partial charge on any atom is -0.390 e. The predicted octanol–water partition coefficient (Wildman–Crippen LogP) is 1.87. The van der Waals surface area contributed by atoms with E-state index in [2.05, 4.69) is 22.1 Å². The maximum atomic E-state index is 12.2.